The predicted molar refractivity (Wildman–Crippen MR) is 102 cm³/mol. The minimum absolute atomic E-state index is 0.0439. The number of pyridine rings is 1. The van der Waals surface area contributed by atoms with Gasteiger partial charge in [0.05, 0.1) is 19.4 Å². The number of aromatic nitrogens is 1. The van der Waals surface area contributed by atoms with Gasteiger partial charge in [0, 0.05) is 23.9 Å². The van der Waals surface area contributed by atoms with Gasteiger partial charge >= 0.3 is 0 Å². The largest absolute Gasteiger partial charge is 0.508 e. The van der Waals surface area contributed by atoms with Crippen LogP contribution in [0.1, 0.15) is 22.0 Å². The van der Waals surface area contributed by atoms with Crippen molar-refractivity contribution in [3.63, 3.8) is 0 Å². The number of phenolic OH excluding ortho intramolecular Hbond substituents is 1. The molecule has 6 heteroatoms. The van der Waals surface area contributed by atoms with E-state index < -0.39 is 6.10 Å². The number of benzene rings is 2. The third-order valence-corrected chi connectivity index (χ3v) is 4.17. The number of hydrogen-bond acceptors (Lipinski definition) is 5. The molecule has 138 valence electrons. The van der Waals surface area contributed by atoms with E-state index in [0.717, 1.165) is 11.1 Å². The van der Waals surface area contributed by atoms with Gasteiger partial charge in [-0.05, 0) is 41.5 Å². The van der Waals surface area contributed by atoms with Crippen molar-refractivity contribution in [1.29, 1.82) is 0 Å². The number of hydrogen-bond donors (Lipinski definition) is 3. The molecule has 0 aliphatic rings. The van der Waals surface area contributed by atoms with Crippen LogP contribution in [-0.2, 0) is 0 Å². The van der Waals surface area contributed by atoms with Crippen molar-refractivity contribution < 1.29 is 19.7 Å². The van der Waals surface area contributed by atoms with E-state index in [-0.39, 0.29) is 18.2 Å². The van der Waals surface area contributed by atoms with Crippen LogP contribution in [0.3, 0.4) is 0 Å². The highest BCUT2D eigenvalue weighted by Crippen LogP contribution is 2.28. The molecule has 1 aromatic heterocycles. The molecule has 1 heterocycles. The van der Waals surface area contributed by atoms with Crippen LogP contribution in [0.25, 0.3) is 11.1 Å². The Balaban J connectivity index is 1.65. The van der Waals surface area contributed by atoms with E-state index in [4.69, 9.17) is 4.74 Å². The van der Waals surface area contributed by atoms with Crippen molar-refractivity contribution in [3.05, 3.63) is 78.1 Å². The summed E-state index contributed by atoms with van der Waals surface area (Å²) in [5.41, 5.74) is 2.81. The van der Waals surface area contributed by atoms with E-state index in [1.807, 2.05) is 18.2 Å². The van der Waals surface area contributed by atoms with Gasteiger partial charge in [-0.3, -0.25) is 9.78 Å². The number of carbonyl (C=O) groups is 1. The number of aliphatic hydroxyl groups excluding tert-OH is 1. The Morgan fingerprint density at radius 2 is 1.96 bits per heavy atom. The second-order valence-electron chi connectivity index (χ2n) is 5.97. The van der Waals surface area contributed by atoms with Crippen LogP contribution in [0.5, 0.6) is 11.5 Å². The fraction of sp³-hybridized carbons (Fsp3) is 0.143. The van der Waals surface area contributed by atoms with Crippen molar-refractivity contribution in [2.45, 2.75) is 6.10 Å². The highest BCUT2D eigenvalue weighted by atomic mass is 16.5. The maximum Gasteiger partial charge on any atom is 0.251 e. The van der Waals surface area contributed by atoms with E-state index in [2.05, 4.69) is 10.3 Å². The zero-order chi connectivity index (χ0) is 19.2. The van der Waals surface area contributed by atoms with Gasteiger partial charge in [-0.15, -0.1) is 0 Å². The summed E-state index contributed by atoms with van der Waals surface area (Å²) in [6.45, 7) is 0.0439. The van der Waals surface area contributed by atoms with E-state index >= 15 is 0 Å². The minimum Gasteiger partial charge on any atom is -0.508 e. The first-order valence-corrected chi connectivity index (χ1v) is 8.42. The quantitative estimate of drug-likeness (QED) is 0.625. The molecule has 27 heavy (non-hydrogen) atoms. The third-order valence-electron chi connectivity index (χ3n) is 4.17. The van der Waals surface area contributed by atoms with Crippen LogP contribution in [0, 0.1) is 0 Å². The fourth-order valence-electron chi connectivity index (χ4n) is 2.72. The molecule has 6 nitrogen and oxygen atoms in total. The number of rotatable bonds is 6. The molecular weight excluding hydrogens is 344 g/mol. The Labute approximate surface area is 157 Å². The van der Waals surface area contributed by atoms with Gasteiger partial charge < -0.3 is 20.3 Å². The number of phenols is 1. The van der Waals surface area contributed by atoms with Crippen LogP contribution >= 0.6 is 0 Å². The normalized spacial score (nSPS) is 11.6. The van der Waals surface area contributed by atoms with Crippen molar-refractivity contribution in [1.82, 2.24) is 10.3 Å². The molecule has 3 rings (SSSR count). The summed E-state index contributed by atoms with van der Waals surface area (Å²) in [7, 11) is 1.58. The summed E-state index contributed by atoms with van der Waals surface area (Å²) in [4.78, 5) is 16.3. The molecule has 0 fully saturated rings. The van der Waals surface area contributed by atoms with Crippen molar-refractivity contribution in [2.75, 3.05) is 13.7 Å². The van der Waals surface area contributed by atoms with E-state index in [9.17, 15) is 15.0 Å². The molecule has 0 bridgehead atoms. The van der Waals surface area contributed by atoms with Gasteiger partial charge in [0.25, 0.3) is 5.91 Å². The predicted octanol–water partition coefficient (Wildman–Crippen LogP) is 2.93. The molecular formula is C21H20N2O4. The topological polar surface area (TPSA) is 91.7 Å². The number of ether oxygens (including phenoxy) is 1. The van der Waals surface area contributed by atoms with Crippen LogP contribution in [0.4, 0.5) is 0 Å². The number of amides is 1. The molecule has 3 aromatic rings. The zero-order valence-electron chi connectivity index (χ0n) is 14.8. The Bertz CT molecular complexity index is 925. The summed E-state index contributed by atoms with van der Waals surface area (Å²) in [5, 5.41) is 22.3. The maximum atomic E-state index is 12.3. The lowest BCUT2D eigenvalue weighted by molar-refractivity contribution is 0.0916. The van der Waals surface area contributed by atoms with Crippen LogP contribution in [-0.4, -0.2) is 34.8 Å². The van der Waals surface area contributed by atoms with Gasteiger partial charge in [-0.25, -0.2) is 0 Å². The Morgan fingerprint density at radius 1 is 1.19 bits per heavy atom. The summed E-state index contributed by atoms with van der Waals surface area (Å²) in [5.74, 6) is 0.436. The lowest BCUT2D eigenvalue weighted by Gasteiger charge is -2.13. The van der Waals surface area contributed by atoms with E-state index in [0.29, 0.717) is 16.9 Å². The van der Waals surface area contributed by atoms with Gasteiger partial charge in [0.15, 0.2) is 0 Å². The van der Waals surface area contributed by atoms with Gasteiger partial charge in [0.1, 0.15) is 11.5 Å². The average Bonchev–Trinajstić information content (AvgIpc) is 2.71. The minimum atomic E-state index is -0.901. The maximum absolute atomic E-state index is 12.3. The summed E-state index contributed by atoms with van der Waals surface area (Å²) >= 11 is 0. The molecule has 1 amide bonds. The fourth-order valence-corrected chi connectivity index (χ4v) is 2.72. The lowest BCUT2D eigenvalue weighted by Crippen LogP contribution is -2.28. The van der Waals surface area contributed by atoms with Crippen molar-refractivity contribution in [2.24, 2.45) is 0 Å². The molecule has 0 saturated carbocycles. The van der Waals surface area contributed by atoms with Gasteiger partial charge in [0.2, 0.25) is 0 Å². The molecule has 1 atom stereocenters. The number of nitrogens with one attached hydrogen (secondary N) is 1. The molecule has 1 unspecified atom stereocenters. The Kier molecular flexibility index (Phi) is 5.68. The Morgan fingerprint density at radius 3 is 2.67 bits per heavy atom. The lowest BCUT2D eigenvalue weighted by atomic mass is 10.0. The monoisotopic (exact) mass is 364 g/mol. The van der Waals surface area contributed by atoms with E-state index in [1.54, 1.807) is 43.8 Å². The SMILES string of the molecule is COc1cnccc1-c1ccc(C(=O)NCC(O)c2cccc(O)c2)cc1. The first kappa shape index (κ1) is 18.4. The van der Waals surface area contributed by atoms with E-state index in [1.165, 1.54) is 12.1 Å². The highest BCUT2D eigenvalue weighted by Gasteiger charge is 2.12. The number of aliphatic hydroxyl groups is 1. The number of methoxy groups -OCH3 is 1. The summed E-state index contributed by atoms with van der Waals surface area (Å²) in [6.07, 6.45) is 2.42. The number of aromatic hydroxyl groups is 1. The molecule has 3 N–H and O–H groups in total. The van der Waals surface area contributed by atoms with Crippen molar-refractivity contribution >= 4 is 5.91 Å². The highest BCUT2D eigenvalue weighted by molar-refractivity contribution is 5.94. The van der Waals surface area contributed by atoms with Crippen LogP contribution < -0.4 is 10.1 Å². The molecule has 0 aliphatic heterocycles. The molecule has 0 saturated heterocycles. The molecule has 0 radical (unpaired) electrons. The van der Waals surface area contributed by atoms with Crippen LogP contribution in [0.15, 0.2) is 67.0 Å². The molecule has 2 aromatic carbocycles. The summed E-state index contributed by atoms with van der Waals surface area (Å²) < 4.78 is 5.31. The van der Waals surface area contributed by atoms with Gasteiger partial charge in [-0.2, -0.15) is 0 Å². The smallest absolute Gasteiger partial charge is 0.251 e. The van der Waals surface area contributed by atoms with Crippen LogP contribution in [0.2, 0.25) is 0 Å². The Hall–Kier alpha value is -3.38. The average molecular weight is 364 g/mol. The second-order valence-corrected chi connectivity index (χ2v) is 5.97. The number of nitrogens with zero attached hydrogens (tertiary/aromatic N) is 1. The third kappa shape index (κ3) is 4.43. The standard InChI is InChI=1S/C21H20N2O4/c1-27-20-13-22-10-9-18(20)14-5-7-15(8-6-14)21(26)23-12-19(25)16-3-2-4-17(24)11-16/h2-11,13,19,24-25H,12H2,1H3,(H,23,26). The zero-order valence-corrected chi connectivity index (χ0v) is 14.8. The molecule has 0 aliphatic carbocycles. The second kappa shape index (κ2) is 8.33. The first-order chi connectivity index (χ1) is 13.1. The number of carbonyl (C=O) groups excluding carboxylic acids is 1. The summed E-state index contributed by atoms with van der Waals surface area (Å²) in [6, 6.07) is 15.3. The van der Waals surface area contributed by atoms with Gasteiger partial charge in [-0.1, -0.05) is 24.3 Å². The van der Waals surface area contributed by atoms with Crippen molar-refractivity contribution in [3.8, 4) is 22.6 Å². The first-order valence-electron chi connectivity index (χ1n) is 8.42. The molecule has 0 spiro atoms.